The predicted octanol–water partition coefficient (Wildman–Crippen LogP) is 1.11. The van der Waals surface area contributed by atoms with Crippen molar-refractivity contribution in [3.05, 3.63) is 35.9 Å². The molecule has 1 aliphatic rings. The lowest BCUT2D eigenvalue weighted by Gasteiger charge is -2.01. The van der Waals surface area contributed by atoms with Crippen molar-refractivity contribution < 1.29 is 0 Å². The minimum absolute atomic E-state index is 0. The highest BCUT2D eigenvalue weighted by atomic mass is 35.5. The minimum Gasteiger partial charge on any atom is -0.307 e. The van der Waals surface area contributed by atoms with Crippen LogP contribution in [-0.2, 0) is 13.1 Å². The van der Waals surface area contributed by atoms with Gasteiger partial charge in [0.2, 0.25) is 0 Å². The van der Waals surface area contributed by atoms with Crippen LogP contribution in [0, 0.1) is 0 Å². The molecule has 0 aromatic carbocycles. The summed E-state index contributed by atoms with van der Waals surface area (Å²) in [6, 6.07) is 1.80. The Morgan fingerprint density at radius 3 is 2.62 bits per heavy atom. The third kappa shape index (κ3) is 2.02. The number of hydrogen-bond donors (Lipinski definition) is 1. The summed E-state index contributed by atoms with van der Waals surface area (Å²) >= 11 is 0. The van der Waals surface area contributed by atoms with Crippen LogP contribution in [0.3, 0.4) is 0 Å². The van der Waals surface area contributed by atoms with E-state index in [9.17, 15) is 0 Å². The van der Waals surface area contributed by atoms with Crippen LogP contribution >= 0.6 is 24.8 Å². The molecule has 0 saturated carbocycles. The average Bonchev–Trinajstić information content (AvgIpc) is 2.79. The topological polar surface area (TPSA) is 55.6 Å². The maximum absolute atomic E-state index is 4.26. The molecular weight excluding hydrogens is 249 g/mol. The van der Waals surface area contributed by atoms with E-state index in [0.717, 1.165) is 18.8 Å². The molecule has 1 aliphatic heterocycles. The van der Waals surface area contributed by atoms with Crippen LogP contribution < -0.4 is 5.32 Å². The summed E-state index contributed by atoms with van der Waals surface area (Å²) in [5, 5.41) is 7.52. The van der Waals surface area contributed by atoms with E-state index in [0.29, 0.717) is 5.95 Å². The average molecular weight is 260 g/mol. The molecule has 0 bridgehead atoms. The van der Waals surface area contributed by atoms with Gasteiger partial charge in [-0.15, -0.1) is 24.8 Å². The van der Waals surface area contributed by atoms with Gasteiger partial charge in [0.1, 0.15) is 0 Å². The fraction of sp³-hybridized carbons (Fsp3) is 0.222. The first-order valence-electron chi connectivity index (χ1n) is 4.49. The van der Waals surface area contributed by atoms with Gasteiger partial charge in [0, 0.05) is 31.0 Å². The van der Waals surface area contributed by atoms with Crippen LogP contribution in [0.4, 0.5) is 0 Å². The molecule has 5 nitrogen and oxygen atoms in total. The number of rotatable bonds is 1. The molecule has 86 valence electrons. The van der Waals surface area contributed by atoms with E-state index >= 15 is 0 Å². The molecule has 2 aromatic heterocycles. The molecule has 16 heavy (non-hydrogen) atoms. The van der Waals surface area contributed by atoms with Crippen LogP contribution in [0.2, 0.25) is 0 Å². The van der Waals surface area contributed by atoms with Gasteiger partial charge in [0.25, 0.3) is 5.95 Å². The van der Waals surface area contributed by atoms with E-state index in [4.69, 9.17) is 0 Å². The van der Waals surface area contributed by atoms with Crippen LogP contribution in [0.5, 0.6) is 0 Å². The molecular formula is C9H11Cl2N5. The lowest BCUT2D eigenvalue weighted by Crippen LogP contribution is -2.09. The van der Waals surface area contributed by atoms with E-state index < -0.39 is 0 Å². The Kier molecular flexibility index (Phi) is 4.23. The molecule has 1 N–H and O–H groups in total. The van der Waals surface area contributed by atoms with Gasteiger partial charge in [-0.3, -0.25) is 0 Å². The normalized spacial score (nSPS) is 12.5. The summed E-state index contributed by atoms with van der Waals surface area (Å²) in [5.41, 5.74) is 2.40. The Morgan fingerprint density at radius 1 is 1.12 bits per heavy atom. The van der Waals surface area contributed by atoms with Crippen molar-refractivity contribution in [2.24, 2.45) is 0 Å². The van der Waals surface area contributed by atoms with Gasteiger partial charge in [-0.1, -0.05) is 0 Å². The number of halogens is 2. The number of aromatic nitrogens is 4. The summed E-state index contributed by atoms with van der Waals surface area (Å²) < 4.78 is 1.79. The zero-order chi connectivity index (χ0) is 9.38. The zero-order valence-corrected chi connectivity index (χ0v) is 9.96. The summed E-state index contributed by atoms with van der Waals surface area (Å²) in [6.45, 7) is 1.73. The lowest BCUT2D eigenvalue weighted by molar-refractivity contribution is 0.694. The molecule has 2 aromatic rings. The molecule has 0 amide bonds. The van der Waals surface area contributed by atoms with Crippen LogP contribution in [0.1, 0.15) is 11.3 Å². The Labute approximate surface area is 105 Å². The van der Waals surface area contributed by atoms with Gasteiger partial charge >= 0.3 is 0 Å². The Balaban J connectivity index is 0.000000640. The lowest BCUT2D eigenvalue weighted by atomic mass is 10.3. The Bertz CT molecular complexity index is 456. The fourth-order valence-electron chi connectivity index (χ4n) is 1.63. The molecule has 3 rings (SSSR count). The molecule has 3 heterocycles. The van der Waals surface area contributed by atoms with Gasteiger partial charge in [0.05, 0.1) is 11.9 Å². The summed E-state index contributed by atoms with van der Waals surface area (Å²) in [7, 11) is 0. The van der Waals surface area contributed by atoms with Gasteiger partial charge in [-0.25, -0.2) is 14.6 Å². The standard InChI is InChI=1S/C9H9N5.2ClH/c1-2-11-9(12-3-1)14-8-6-10-4-7(8)5-13-14;;/h1-3,5,10H,4,6H2;2*1H. The van der Waals surface area contributed by atoms with Crippen LogP contribution in [0.15, 0.2) is 24.7 Å². The molecule has 0 aliphatic carbocycles. The van der Waals surface area contributed by atoms with Crippen molar-refractivity contribution in [1.82, 2.24) is 25.1 Å². The van der Waals surface area contributed by atoms with E-state index in [1.165, 1.54) is 5.56 Å². The first kappa shape index (κ1) is 12.9. The highest BCUT2D eigenvalue weighted by molar-refractivity contribution is 5.85. The molecule has 0 atom stereocenters. The second kappa shape index (κ2) is 5.25. The van der Waals surface area contributed by atoms with Gasteiger partial charge in [-0.2, -0.15) is 5.10 Å². The SMILES string of the molecule is Cl.Cl.c1cnc(-n2ncc3c2CNC3)nc1. The highest BCUT2D eigenvalue weighted by Gasteiger charge is 2.17. The number of nitrogens with one attached hydrogen (secondary N) is 1. The number of fused-ring (bicyclic) bond motifs is 1. The maximum atomic E-state index is 4.26. The molecule has 0 spiro atoms. The summed E-state index contributed by atoms with van der Waals surface area (Å²) in [6.07, 6.45) is 5.31. The minimum atomic E-state index is 0. The van der Waals surface area contributed by atoms with Crippen molar-refractivity contribution in [2.45, 2.75) is 13.1 Å². The maximum Gasteiger partial charge on any atom is 0.250 e. The first-order chi connectivity index (χ1) is 6.95. The van der Waals surface area contributed by atoms with Crippen molar-refractivity contribution >= 4 is 24.8 Å². The van der Waals surface area contributed by atoms with Gasteiger partial charge < -0.3 is 5.32 Å². The summed E-state index contributed by atoms with van der Waals surface area (Å²) in [5.74, 6) is 0.637. The second-order valence-electron chi connectivity index (χ2n) is 3.18. The molecule has 0 saturated heterocycles. The van der Waals surface area contributed by atoms with Crippen molar-refractivity contribution in [1.29, 1.82) is 0 Å². The van der Waals surface area contributed by atoms with E-state index in [1.807, 2.05) is 6.20 Å². The van der Waals surface area contributed by atoms with Gasteiger partial charge in [0.15, 0.2) is 0 Å². The zero-order valence-electron chi connectivity index (χ0n) is 8.33. The largest absolute Gasteiger partial charge is 0.307 e. The molecule has 0 fully saturated rings. The molecule has 0 unspecified atom stereocenters. The molecule has 0 radical (unpaired) electrons. The Morgan fingerprint density at radius 2 is 1.88 bits per heavy atom. The third-order valence-corrected chi connectivity index (χ3v) is 2.30. The number of nitrogens with zero attached hydrogens (tertiary/aromatic N) is 4. The van der Waals surface area contributed by atoms with Crippen LogP contribution in [0.25, 0.3) is 5.95 Å². The Hall–Kier alpha value is -1.17. The third-order valence-electron chi connectivity index (χ3n) is 2.30. The highest BCUT2D eigenvalue weighted by Crippen LogP contribution is 2.16. The predicted molar refractivity (Wildman–Crippen MR) is 64.2 cm³/mol. The second-order valence-corrected chi connectivity index (χ2v) is 3.18. The smallest absolute Gasteiger partial charge is 0.250 e. The fourth-order valence-corrected chi connectivity index (χ4v) is 1.63. The number of hydrogen-bond acceptors (Lipinski definition) is 4. The van der Waals surface area contributed by atoms with Crippen molar-refractivity contribution in [3.8, 4) is 5.95 Å². The van der Waals surface area contributed by atoms with Crippen molar-refractivity contribution in [3.63, 3.8) is 0 Å². The van der Waals surface area contributed by atoms with E-state index in [1.54, 1.807) is 23.1 Å². The van der Waals surface area contributed by atoms with E-state index in [-0.39, 0.29) is 24.8 Å². The first-order valence-corrected chi connectivity index (χ1v) is 4.49. The quantitative estimate of drug-likeness (QED) is 0.834. The van der Waals surface area contributed by atoms with Crippen molar-refractivity contribution in [2.75, 3.05) is 0 Å². The van der Waals surface area contributed by atoms with Crippen LogP contribution in [-0.4, -0.2) is 19.7 Å². The molecule has 7 heteroatoms. The van der Waals surface area contributed by atoms with Gasteiger partial charge in [-0.05, 0) is 6.07 Å². The monoisotopic (exact) mass is 259 g/mol. The van der Waals surface area contributed by atoms with E-state index in [2.05, 4.69) is 20.4 Å². The summed E-state index contributed by atoms with van der Waals surface area (Å²) in [4.78, 5) is 8.32.